The van der Waals surface area contributed by atoms with Crippen molar-refractivity contribution in [3.63, 3.8) is 0 Å². The Morgan fingerprint density at radius 1 is 0.897 bits per heavy atom. The first-order chi connectivity index (χ1) is 18.0. The fourth-order valence-electron chi connectivity index (χ4n) is 6.72. The van der Waals surface area contributed by atoms with E-state index in [4.69, 9.17) is 0 Å². The van der Waals surface area contributed by atoms with E-state index in [2.05, 4.69) is 12.2 Å². The summed E-state index contributed by atoms with van der Waals surface area (Å²) in [6, 6.07) is 0. The summed E-state index contributed by atoms with van der Waals surface area (Å²) in [6.45, 7) is 21.6. The standard InChI is InChI=1S/C35H52O4/c1-22(2)13-12-19-33(11)27(16-14-23(3)4)21-34(20-18-25(7)8)30(37)28(17-15-24(5)6)31(38)35(33,32(34)39)29(36)26(9)10/h13-15,18,26-27,38H,12,16-17,19-21H2,1-11H3/t27?,33?,34-,35+/m1/s1. The van der Waals surface area contributed by atoms with Crippen LogP contribution >= 0.6 is 0 Å². The van der Waals surface area contributed by atoms with Crippen molar-refractivity contribution in [1.29, 1.82) is 0 Å². The van der Waals surface area contributed by atoms with Crippen molar-refractivity contribution >= 4 is 17.3 Å². The molecule has 2 aliphatic rings. The van der Waals surface area contributed by atoms with E-state index in [1.807, 2.05) is 74.5 Å². The first-order valence-electron chi connectivity index (χ1n) is 14.6. The highest BCUT2D eigenvalue weighted by atomic mass is 16.3. The van der Waals surface area contributed by atoms with Gasteiger partial charge in [-0.25, -0.2) is 0 Å². The van der Waals surface area contributed by atoms with Gasteiger partial charge in [-0.15, -0.1) is 0 Å². The summed E-state index contributed by atoms with van der Waals surface area (Å²) >= 11 is 0. The molecular formula is C35H52O4. The van der Waals surface area contributed by atoms with Gasteiger partial charge in [0, 0.05) is 11.5 Å². The number of aliphatic hydroxyl groups excluding tert-OH is 1. The van der Waals surface area contributed by atoms with Crippen LogP contribution in [0.4, 0.5) is 0 Å². The van der Waals surface area contributed by atoms with E-state index in [0.29, 0.717) is 25.7 Å². The van der Waals surface area contributed by atoms with Crippen molar-refractivity contribution in [1.82, 2.24) is 0 Å². The molecule has 1 saturated carbocycles. The van der Waals surface area contributed by atoms with Crippen LogP contribution in [0.25, 0.3) is 0 Å². The Kier molecular flexibility index (Phi) is 10.4. The minimum absolute atomic E-state index is 0.139. The van der Waals surface area contributed by atoms with Crippen LogP contribution in [0.2, 0.25) is 0 Å². The molecule has 1 fully saturated rings. The topological polar surface area (TPSA) is 71.4 Å². The average Bonchev–Trinajstić information content (AvgIpc) is 2.81. The SMILES string of the molecule is CC(C)=CCCC1(C)C(CC=C(C)C)C[C@]2(CC=C(C)C)C(=O)C(CC=C(C)C)=C(O)[C@@]1(C(=O)C(C)C)C2=O. The highest BCUT2D eigenvalue weighted by Gasteiger charge is 2.75. The van der Waals surface area contributed by atoms with Gasteiger partial charge in [0.25, 0.3) is 0 Å². The fraction of sp³-hybridized carbons (Fsp3) is 0.629. The summed E-state index contributed by atoms with van der Waals surface area (Å²) in [5.41, 5.74) is 0.611. The smallest absolute Gasteiger partial charge is 0.176 e. The number of carbonyl (C=O) groups excluding carboxylic acids is 3. The molecule has 0 aromatic carbocycles. The molecule has 0 heterocycles. The Morgan fingerprint density at radius 2 is 1.44 bits per heavy atom. The number of ketones is 3. The third-order valence-electron chi connectivity index (χ3n) is 8.97. The Bertz CT molecular complexity index is 1140. The van der Waals surface area contributed by atoms with Crippen molar-refractivity contribution in [2.24, 2.45) is 28.1 Å². The quantitative estimate of drug-likeness (QED) is 0.211. The maximum absolute atomic E-state index is 15.0. The van der Waals surface area contributed by atoms with Gasteiger partial charge in [-0.2, -0.15) is 0 Å². The van der Waals surface area contributed by atoms with E-state index < -0.39 is 22.2 Å². The van der Waals surface area contributed by atoms with Crippen LogP contribution in [-0.4, -0.2) is 22.5 Å². The zero-order valence-corrected chi connectivity index (χ0v) is 26.4. The molecule has 4 heteroatoms. The molecule has 2 aliphatic carbocycles. The molecule has 2 bridgehead atoms. The fourth-order valence-corrected chi connectivity index (χ4v) is 6.72. The second-order valence-electron chi connectivity index (χ2n) is 13.5. The van der Waals surface area contributed by atoms with Crippen LogP contribution < -0.4 is 0 Å². The van der Waals surface area contributed by atoms with E-state index in [1.54, 1.807) is 13.8 Å². The van der Waals surface area contributed by atoms with E-state index in [9.17, 15) is 19.5 Å². The van der Waals surface area contributed by atoms with Crippen LogP contribution in [0.1, 0.15) is 115 Å². The summed E-state index contributed by atoms with van der Waals surface area (Å²) in [5.74, 6) is -1.87. The van der Waals surface area contributed by atoms with Crippen molar-refractivity contribution in [2.45, 2.75) is 115 Å². The molecule has 2 rings (SSSR count). The first kappa shape index (κ1) is 32.7. The number of fused-ring (bicyclic) bond motifs is 2. The lowest BCUT2D eigenvalue weighted by atomic mass is 9.38. The van der Waals surface area contributed by atoms with Gasteiger partial charge in [-0.3, -0.25) is 14.4 Å². The van der Waals surface area contributed by atoms with Gasteiger partial charge in [0.05, 0.1) is 5.41 Å². The largest absolute Gasteiger partial charge is 0.510 e. The lowest BCUT2D eigenvalue weighted by Gasteiger charge is -2.61. The minimum atomic E-state index is -1.76. The molecule has 4 nitrogen and oxygen atoms in total. The molecular weight excluding hydrogens is 484 g/mol. The monoisotopic (exact) mass is 536 g/mol. The molecule has 0 aromatic heterocycles. The number of hydrogen-bond donors (Lipinski definition) is 1. The summed E-state index contributed by atoms with van der Waals surface area (Å²) in [6.07, 6.45) is 10.9. The van der Waals surface area contributed by atoms with Gasteiger partial charge >= 0.3 is 0 Å². The van der Waals surface area contributed by atoms with E-state index in [0.717, 1.165) is 16.7 Å². The van der Waals surface area contributed by atoms with Gasteiger partial charge in [0.15, 0.2) is 22.8 Å². The molecule has 216 valence electrons. The van der Waals surface area contributed by atoms with E-state index >= 15 is 0 Å². The van der Waals surface area contributed by atoms with Gasteiger partial charge in [-0.05, 0) is 105 Å². The second-order valence-corrected chi connectivity index (χ2v) is 13.5. The van der Waals surface area contributed by atoms with Crippen LogP contribution in [0.5, 0.6) is 0 Å². The Hall–Kier alpha value is -2.49. The summed E-state index contributed by atoms with van der Waals surface area (Å²) in [5, 5.41) is 12.2. The second kappa shape index (κ2) is 12.4. The van der Waals surface area contributed by atoms with Gasteiger partial charge < -0.3 is 5.11 Å². The number of rotatable bonds is 11. The van der Waals surface area contributed by atoms with Gasteiger partial charge in [0.2, 0.25) is 0 Å². The summed E-state index contributed by atoms with van der Waals surface area (Å²) in [4.78, 5) is 43.9. The highest BCUT2D eigenvalue weighted by molar-refractivity contribution is 6.27. The van der Waals surface area contributed by atoms with Crippen LogP contribution in [-0.2, 0) is 14.4 Å². The average molecular weight is 537 g/mol. The molecule has 0 aromatic rings. The van der Waals surface area contributed by atoms with E-state index in [1.165, 1.54) is 5.57 Å². The first-order valence-corrected chi connectivity index (χ1v) is 14.6. The summed E-state index contributed by atoms with van der Waals surface area (Å²) < 4.78 is 0. The third-order valence-corrected chi connectivity index (χ3v) is 8.97. The summed E-state index contributed by atoms with van der Waals surface area (Å²) in [7, 11) is 0. The van der Waals surface area contributed by atoms with Gasteiger partial charge in [0.1, 0.15) is 5.76 Å². The molecule has 0 saturated heterocycles. The Morgan fingerprint density at radius 3 is 1.92 bits per heavy atom. The maximum atomic E-state index is 15.0. The van der Waals surface area contributed by atoms with Crippen molar-refractivity contribution < 1.29 is 19.5 Å². The zero-order valence-electron chi connectivity index (χ0n) is 26.4. The number of Topliss-reactive ketones (excluding diaryl/α,β-unsaturated/α-hetero) is 3. The molecule has 39 heavy (non-hydrogen) atoms. The molecule has 0 spiro atoms. The maximum Gasteiger partial charge on any atom is 0.176 e. The molecule has 1 N–H and O–H groups in total. The molecule has 4 atom stereocenters. The molecule has 0 amide bonds. The number of hydrogen-bond acceptors (Lipinski definition) is 4. The molecule has 0 radical (unpaired) electrons. The van der Waals surface area contributed by atoms with Crippen LogP contribution in [0.15, 0.2) is 57.9 Å². The van der Waals surface area contributed by atoms with Gasteiger partial charge in [-0.1, -0.05) is 67.4 Å². The lowest BCUT2D eigenvalue weighted by molar-refractivity contribution is -0.178. The minimum Gasteiger partial charge on any atom is -0.510 e. The van der Waals surface area contributed by atoms with E-state index in [-0.39, 0.29) is 47.4 Å². The predicted molar refractivity (Wildman–Crippen MR) is 161 cm³/mol. The molecule has 0 aliphatic heterocycles. The Balaban J connectivity index is 3.11. The third kappa shape index (κ3) is 5.86. The lowest BCUT2D eigenvalue weighted by Crippen LogP contribution is -2.70. The van der Waals surface area contributed by atoms with Crippen molar-refractivity contribution in [2.75, 3.05) is 0 Å². The number of allylic oxidation sites excluding steroid dienone is 10. The van der Waals surface area contributed by atoms with Crippen LogP contribution in [0.3, 0.4) is 0 Å². The number of aliphatic hydroxyl groups is 1. The van der Waals surface area contributed by atoms with Crippen LogP contribution in [0, 0.1) is 28.1 Å². The molecule has 2 unspecified atom stereocenters. The normalized spacial score (nSPS) is 28.3. The zero-order chi connectivity index (χ0) is 29.9. The van der Waals surface area contributed by atoms with Crippen molar-refractivity contribution in [3.05, 3.63) is 57.9 Å². The Labute approximate surface area is 237 Å². The number of carbonyl (C=O) groups is 3. The van der Waals surface area contributed by atoms with Crippen molar-refractivity contribution in [3.8, 4) is 0 Å². The highest BCUT2D eigenvalue weighted by Crippen LogP contribution is 2.68. The predicted octanol–water partition coefficient (Wildman–Crippen LogP) is 8.99.